The second kappa shape index (κ2) is 13.1. The van der Waals surface area contributed by atoms with Gasteiger partial charge in [-0.3, -0.25) is 0 Å². The van der Waals surface area contributed by atoms with E-state index >= 15 is 4.39 Å². The minimum atomic E-state index is -2.92. The van der Waals surface area contributed by atoms with Crippen molar-refractivity contribution in [1.82, 2.24) is 0 Å². The quantitative estimate of drug-likeness (QED) is 0.194. The van der Waals surface area contributed by atoms with Crippen molar-refractivity contribution in [3.8, 4) is 0 Å². The molecule has 0 N–H and O–H groups in total. The molecule has 4 rings (SSSR count). The minimum Gasteiger partial charge on any atom is -0.403 e. The highest BCUT2D eigenvalue weighted by molar-refractivity contribution is 6.99. The summed E-state index contributed by atoms with van der Waals surface area (Å²) in [5.41, 5.74) is 1.37. The average Bonchev–Trinajstić information content (AvgIpc) is 2.94. The van der Waals surface area contributed by atoms with Crippen molar-refractivity contribution < 1.29 is 18.3 Å². The van der Waals surface area contributed by atoms with Crippen molar-refractivity contribution in [1.29, 1.82) is 0 Å². The van der Waals surface area contributed by atoms with Crippen LogP contribution < -0.4 is 15.3 Å². The first-order valence-electron chi connectivity index (χ1n) is 14.0. The molecule has 1 saturated heterocycles. The molecule has 1 fully saturated rings. The van der Waals surface area contributed by atoms with Gasteiger partial charge in [-0.15, -0.1) is 0 Å². The van der Waals surface area contributed by atoms with E-state index in [0.717, 1.165) is 10.4 Å². The topological polar surface area (TPSA) is 60.4 Å². The molecule has 0 radical (unpaired) electrons. The first-order chi connectivity index (χ1) is 19.5. The Morgan fingerprint density at radius 2 is 1.59 bits per heavy atom. The second-order valence-electron chi connectivity index (χ2n) is 11.8. The van der Waals surface area contributed by atoms with Gasteiger partial charge >= 0.3 is 0 Å². The summed E-state index contributed by atoms with van der Waals surface area (Å²) in [6, 6.07) is 21.3. The zero-order valence-electron chi connectivity index (χ0n) is 24.7. The number of hydrogen-bond donors (Lipinski definition) is 0. The van der Waals surface area contributed by atoms with Crippen molar-refractivity contribution in [3.63, 3.8) is 0 Å². The van der Waals surface area contributed by atoms with Crippen LogP contribution in [0.3, 0.4) is 0 Å². The van der Waals surface area contributed by atoms with Gasteiger partial charge < -0.3 is 18.8 Å². The van der Waals surface area contributed by atoms with E-state index in [4.69, 9.17) is 25.5 Å². The van der Waals surface area contributed by atoms with E-state index in [9.17, 15) is 4.91 Å². The van der Waals surface area contributed by atoms with Crippen molar-refractivity contribution in [2.75, 3.05) is 31.7 Å². The van der Waals surface area contributed by atoms with E-state index in [2.05, 4.69) is 55.1 Å². The zero-order chi connectivity index (χ0) is 29.8. The van der Waals surface area contributed by atoms with E-state index in [0.29, 0.717) is 24.3 Å². The van der Waals surface area contributed by atoms with E-state index in [-0.39, 0.29) is 41.0 Å². The van der Waals surface area contributed by atoms with Crippen LogP contribution in [0.5, 0.6) is 0 Å². The molecule has 3 atom stereocenters. The number of nitroso groups, excluding NO2 is 1. The maximum atomic E-state index is 15.9. The lowest BCUT2D eigenvalue weighted by molar-refractivity contribution is -0.00532. The number of hydrogen-bond acceptors (Lipinski definition) is 6. The number of anilines is 1. The summed E-state index contributed by atoms with van der Waals surface area (Å²) in [7, 11) is -1.47. The molecular formula is C32H40ClFN2O4Si. The molecule has 220 valence electrons. The minimum absolute atomic E-state index is 0.0467. The molecule has 41 heavy (non-hydrogen) atoms. The molecule has 1 aliphatic rings. The summed E-state index contributed by atoms with van der Waals surface area (Å²) in [5, 5.41) is 5.13. The van der Waals surface area contributed by atoms with Gasteiger partial charge in [-0.2, -0.15) is 4.91 Å². The van der Waals surface area contributed by atoms with Crippen molar-refractivity contribution in [2.24, 2.45) is 5.18 Å². The molecule has 3 aromatic carbocycles. The second-order valence-corrected chi connectivity index (χ2v) is 16.5. The SMILES string of the molecule is COCC(N=O)c1cc(CO[Si](c2ccccc2)(c2ccccc2)C(C)(C)C)c(N2C[C@@H](C)O[C@@H](C)C2)c(Cl)c1F. The summed E-state index contributed by atoms with van der Waals surface area (Å²) < 4.78 is 34.2. The summed E-state index contributed by atoms with van der Waals surface area (Å²) in [6.07, 6.45) is -0.137. The highest BCUT2D eigenvalue weighted by Crippen LogP contribution is 2.42. The first-order valence-corrected chi connectivity index (χ1v) is 16.3. The summed E-state index contributed by atoms with van der Waals surface area (Å²) in [4.78, 5) is 13.8. The molecule has 1 unspecified atom stereocenters. The summed E-state index contributed by atoms with van der Waals surface area (Å²) in [5.74, 6) is -0.663. The Kier molecular flexibility index (Phi) is 10.0. The van der Waals surface area contributed by atoms with Gasteiger partial charge in [0, 0.05) is 31.3 Å². The molecule has 1 aliphatic heterocycles. The fourth-order valence-electron chi connectivity index (χ4n) is 6.03. The van der Waals surface area contributed by atoms with E-state index in [1.54, 1.807) is 6.07 Å². The molecule has 0 saturated carbocycles. The van der Waals surface area contributed by atoms with Crippen LogP contribution in [0.25, 0.3) is 0 Å². The van der Waals surface area contributed by atoms with E-state index in [1.807, 2.05) is 50.2 Å². The van der Waals surface area contributed by atoms with Crippen molar-refractivity contribution in [3.05, 3.63) is 93.6 Å². The normalized spacial score (nSPS) is 18.8. The number of benzene rings is 3. The Bertz CT molecular complexity index is 1270. The molecule has 3 aromatic rings. The van der Waals surface area contributed by atoms with Gasteiger partial charge in [-0.25, -0.2) is 4.39 Å². The van der Waals surface area contributed by atoms with Crippen molar-refractivity contribution in [2.45, 2.75) is 64.5 Å². The maximum absolute atomic E-state index is 15.9. The van der Waals surface area contributed by atoms with Gasteiger partial charge in [0.2, 0.25) is 0 Å². The van der Waals surface area contributed by atoms with Gasteiger partial charge in [0.15, 0.2) is 0 Å². The first kappa shape index (κ1) is 31.3. The average molecular weight is 599 g/mol. The lowest BCUT2D eigenvalue weighted by Gasteiger charge is -2.43. The Morgan fingerprint density at radius 1 is 1.05 bits per heavy atom. The van der Waals surface area contributed by atoms with Crippen LogP contribution in [-0.4, -0.2) is 47.3 Å². The number of rotatable bonds is 10. The summed E-state index contributed by atoms with van der Waals surface area (Å²) >= 11 is 6.82. The lowest BCUT2D eigenvalue weighted by Crippen LogP contribution is -2.66. The van der Waals surface area contributed by atoms with Gasteiger partial charge in [0.1, 0.15) is 16.9 Å². The molecule has 0 spiro atoms. The van der Waals surface area contributed by atoms with Crippen LogP contribution in [0.1, 0.15) is 51.8 Å². The molecule has 0 bridgehead atoms. The Hall–Kier alpha value is -2.62. The predicted octanol–water partition coefficient (Wildman–Crippen LogP) is 6.62. The zero-order valence-corrected chi connectivity index (χ0v) is 26.5. The largest absolute Gasteiger partial charge is 0.403 e. The predicted molar refractivity (Wildman–Crippen MR) is 166 cm³/mol. The van der Waals surface area contributed by atoms with Crippen LogP contribution in [0.4, 0.5) is 10.1 Å². The Morgan fingerprint density at radius 3 is 2.05 bits per heavy atom. The van der Waals surface area contributed by atoms with Gasteiger partial charge in [-0.1, -0.05) is 98.2 Å². The van der Waals surface area contributed by atoms with Crippen molar-refractivity contribution >= 4 is 36.0 Å². The van der Waals surface area contributed by atoms with Crippen LogP contribution in [0.15, 0.2) is 71.9 Å². The molecule has 0 aliphatic carbocycles. The smallest absolute Gasteiger partial charge is 0.261 e. The number of morpholine rings is 1. The number of halogens is 2. The van der Waals surface area contributed by atoms with Crippen LogP contribution >= 0.6 is 11.6 Å². The van der Waals surface area contributed by atoms with Crippen LogP contribution in [-0.2, 0) is 20.5 Å². The molecule has 6 nitrogen and oxygen atoms in total. The monoisotopic (exact) mass is 598 g/mol. The molecular weight excluding hydrogens is 559 g/mol. The Balaban J connectivity index is 1.90. The van der Waals surface area contributed by atoms with Crippen LogP contribution in [0.2, 0.25) is 10.1 Å². The highest BCUT2D eigenvalue weighted by Gasteiger charge is 2.50. The maximum Gasteiger partial charge on any atom is 0.261 e. The van der Waals surface area contributed by atoms with Crippen LogP contribution in [0, 0.1) is 10.7 Å². The molecule has 0 amide bonds. The third-order valence-electron chi connectivity index (χ3n) is 7.70. The standard InChI is InChI=1S/C32H40ClFN2O4Si/c1-22-18-36(19-23(2)40-22)31-24(17-27(30(34)29(31)33)28(35-37)21-38-6)20-39-41(32(3,4)5,25-13-9-7-10-14-25)26-15-11-8-12-16-26/h7-17,22-23,28H,18-21H2,1-6H3/t22-,23+,28?. The van der Waals surface area contributed by atoms with E-state index in [1.165, 1.54) is 7.11 Å². The van der Waals surface area contributed by atoms with Gasteiger partial charge in [-0.05, 0) is 35.3 Å². The fraction of sp³-hybridized carbons (Fsp3) is 0.438. The third-order valence-corrected chi connectivity index (χ3v) is 13.0. The van der Waals surface area contributed by atoms with E-state index < -0.39 is 20.2 Å². The lowest BCUT2D eigenvalue weighted by atomic mass is 10.0. The third kappa shape index (κ3) is 6.42. The summed E-state index contributed by atoms with van der Waals surface area (Å²) in [6.45, 7) is 11.8. The van der Waals surface area contributed by atoms with Gasteiger partial charge in [0.25, 0.3) is 8.32 Å². The number of methoxy groups -OCH3 is 1. The highest BCUT2D eigenvalue weighted by atomic mass is 35.5. The number of nitrogens with zero attached hydrogens (tertiary/aromatic N) is 2. The molecule has 9 heteroatoms. The number of ether oxygens (including phenoxy) is 2. The molecule has 1 heterocycles. The Labute approximate surface area is 248 Å². The van der Waals surface area contributed by atoms with Gasteiger partial charge in [0.05, 0.1) is 31.1 Å². The fourth-order valence-corrected chi connectivity index (χ4v) is 10.9. The molecule has 0 aromatic heterocycles.